The Kier molecular flexibility index (Phi) is 6.37. The van der Waals surface area contributed by atoms with Crippen molar-refractivity contribution in [3.63, 3.8) is 0 Å². The number of carbonyl (C=O) groups is 2. The number of pyridine rings is 1. The molecule has 0 bridgehead atoms. The Balaban J connectivity index is 2.05. The minimum atomic E-state index is -0.334. The summed E-state index contributed by atoms with van der Waals surface area (Å²) >= 11 is 0. The number of benzene rings is 1. The molecule has 1 aromatic heterocycles. The molecular weight excluding hydrogens is 336 g/mol. The fourth-order valence-corrected chi connectivity index (χ4v) is 2.12. The molecule has 0 aliphatic rings. The maximum absolute atomic E-state index is 12.3. The number of ether oxygens (including phenoxy) is 2. The van der Waals surface area contributed by atoms with Crippen molar-refractivity contribution >= 4 is 23.3 Å². The zero-order valence-corrected chi connectivity index (χ0v) is 14.9. The first-order valence-electron chi connectivity index (χ1n) is 8.02. The molecule has 0 aliphatic carbocycles. The monoisotopic (exact) mass is 358 g/mol. The Bertz CT molecular complexity index is 775. The van der Waals surface area contributed by atoms with Gasteiger partial charge < -0.3 is 25.8 Å². The van der Waals surface area contributed by atoms with Gasteiger partial charge in [-0.3, -0.25) is 9.59 Å². The summed E-state index contributed by atoms with van der Waals surface area (Å²) in [4.78, 5) is 27.9. The molecule has 4 N–H and O–H groups in total. The van der Waals surface area contributed by atoms with E-state index in [1.54, 1.807) is 24.3 Å². The van der Waals surface area contributed by atoms with Gasteiger partial charge in [0.05, 0.1) is 19.0 Å². The minimum Gasteiger partial charge on any atom is -0.493 e. The first-order valence-corrected chi connectivity index (χ1v) is 8.02. The van der Waals surface area contributed by atoms with Crippen molar-refractivity contribution in [3.8, 4) is 11.5 Å². The van der Waals surface area contributed by atoms with Crippen molar-refractivity contribution in [1.82, 2.24) is 10.3 Å². The number of nitrogens with zero attached hydrogens (tertiary/aromatic N) is 1. The van der Waals surface area contributed by atoms with Crippen LogP contribution in [0.1, 0.15) is 24.2 Å². The van der Waals surface area contributed by atoms with Crippen LogP contribution >= 0.6 is 0 Å². The van der Waals surface area contributed by atoms with E-state index in [9.17, 15) is 9.59 Å². The lowest BCUT2D eigenvalue weighted by Crippen LogP contribution is -2.34. The van der Waals surface area contributed by atoms with Gasteiger partial charge >= 0.3 is 0 Å². The molecule has 0 unspecified atom stereocenters. The van der Waals surface area contributed by atoms with Gasteiger partial charge in [0.25, 0.3) is 11.8 Å². The van der Waals surface area contributed by atoms with Crippen LogP contribution in [0.15, 0.2) is 36.5 Å². The summed E-state index contributed by atoms with van der Waals surface area (Å²) in [5.41, 5.74) is 6.41. The second kappa shape index (κ2) is 8.70. The summed E-state index contributed by atoms with van der Waals surface area (Å²) < 4.78 is 10.7. The number of nitrogens with two attached hydrogens (primary N) is 1. The molecular formula is C18H22N4O4. The van der Waals surface area contributed by atoms with Gasteiger partial charge in [-0.2, -0.15) is 0 Å². The van der Waals surface area contributed by atoms with Crippen LogP contribution in [-0.4, -0.2) is 36.6 Å². The average Bonchev–Trinajstić information content (AvgIpc) is 2.61. The SMILES string of the molecule is COc1cc(C(=O)Nc2ccc(N)nc2)ccc1OCC(=O)NC(C)C. The molecule has 2 aromatic rings. The summed E-state index contributed by atoms with van der Waals surface area (Å²) in [7, 11) is 1.46. The fourth-order valence-electron chi connectivity index (χ4n) is 2.12. The van der Waals surface area contributed by atoms with Gasteiger partial charge in [0.1, 0.15) is 5.82 Å². The Morgan fingerprint density at radius 3 is 2.58 bits per heavy atom. The fraction of sp³-hybridized carbons (Fsp3) is 0.278. The van der Waals surface area contributed by atoms with E-state index in [1.165, 1.54) is 19.4 Å². The van der Waals surface area contributed by atoms with Gasteiger partial charge in [0.2, 0.25) is 0 Å². The molecule has 0 atom stereocenters. The highest BCUT2D eigenvalue weighted by Gasteiger charge is 2.13. The summed E-state index contributed by atoms with van der Waals surface area (Å²) in [5.74, 6) is 0.522. The van der Waals surface area contributed by atoms with Crippen molar-refractivity contribution in [3.05, 3.63) is 42.1 Å². The molecule has 2 amide bonds. The third-order valence-electron chi connectivity index (χ3n) is 3.28. The molecule has 26 heavy (non-hydrogen) atoms. The maximum atomic E-state index is 12.3. The second-order valence-corrected chi connectivity index (χ2v) is 5.80. The quantitative estimate of drug-likeness (QED) is 0.695. The molecule has 8 nitrogen and oxygen atoms in total. The highest BCUT2D eigenvalue weighted by atomic mass is 16.5. The Morgan fingerprint density at radius 2 is 1.96 bits per heavy atom. The smallest absolute Gasteiger partial charge is 0.258 e. The lowest BCUT2D eigenvalue weighted by Gasteiger charge is -2.13. The Hall–Kier alpha value is -3.29. The second-order valence-electron chi connectivity index (χ2n) is 5.80. The third-order valence-corrected chi connectivity index (χ3v) is 3.28. The van der Waals surface area contributed by atoms with Crippen LogP contribution in [0.25, 0.3) is 0 Å². The number of rotatable bonds is 7. The van der Waals surface area contributed by atoms with Crippen LogP contribution in [0.5, 0.6) is 11.5 Å². The van der Waals surface area contributed by atoms with E-state index in [4.69, 9.17) is 15.2 Å². The number of anilines is 2. The standard InChI is InChI=1S/C18H22N4O4/c1-11(2)21-17(23)10-26-14-6-4-12(8-15(14)25-3)18(24)22-13-5-7-16(19)20-9-13/h4-9,11H,10H2,1-3H3,(H2,19,20)(H,21,23)(H,22,24). The number of nitrogens with one attached hydrogen (secondary N) is 2. The summed E-state index contributed by atoms with van der Waals surface area (Å²) in [6.45, 7) is 3.59. The van der Waals surface area contributed by atoms with Crippen molar-refractivity contribution < 1.29 is 19.1 Å². The van der Waals surface area contributed by atoms with Crippen molar-refractivity contribution in [2.45, 2.75) is 19.9 Å². The minimum absolute atomic E-state index is 0.0295. The lowest BCUT2D eigenvalue weighted by atomic mass is 10.2. The molecule has 1 heterocycles. The predicted molar refractivity (Wildman–Crippen MR) is 98.4 cm³/mol. The number of carbonyl (C=O) groups excluding carboxylic acids is 2. The van der Waals surface area contributed by atoms with Crippen LogP contribution < -0.4 is 25.8 Å². The van der Waals surface area contributed by atoms with Crippen LogP contribution in [0.4, 0.5) is 11.5 Å². The summed E-state index contributed by atoms with van der Waals surface area (Å²) in [5, 5.41) is 5.44. The molecule has 138 valence electrons. The first-order chi connectivity index (χ1) is 12.4. The number of nitrogen functional groups attached to an aromatic ring is 1. The van der Waals surface area contributed by atoms with Gasteiger partial charge in [0, 0.05) is 11.6 Å². The molecule has 1 aromatic carbocycles. The maximum Gasteiger partial charge on any atom is 0.258 e. The molecule has 0 fully saturated rings. The number of methoxy groups -OCH3 is 1. The molecule has 8 heteroatoms. The van der Waals surface area contributed by atoms with Crippen molar-refractivity contribution in [1.29, 1.82) is 0 Å². The van der Waals surface area contributed by atoms with Gasteiger partial charge in [0.15, 0.2) is 18.1 Å². The molecule has 0 spiro atoms. The van der Waals surface area contributed by atoms with Crippen molar-refractivity contribution in [2.24, 2.45) is 0 Å². The van der Waals surface area contributed by atoms with Crippen LogP contribution in [0.2, 0.25) is 0 Å². The highest BCUT2D eigenvalue weighted by Crippen LogP contribution is 2.28. The third kappa shape index (κ3) is 5.37. The number of amides is 2. The van der Waals surface area contributed by atoms with Crippen LogP contribution in [0, 0.1) is 0 Å². The lowest BCUT2D eigenvalue weighted by molar-refractivity contribution is -0.123. The van der Waals surface area contributed by atoms with E-state index in [-0.39, 0.29) is 24.5 Å². The van der Waals surface area contributed by atoms with E-state index in [0.717, 1.165) is 0 Å². The molecule has 0 radical (unpaired) electrons. The molecule has 0 saturated carbocycles. The van der Waals surface area contributed by atoms with E-state index in [0.29, 0.717) is 28.6 Å². The molecule has 2 rings (SSSR count). The highest BCUT2D eigenvalue weighted by molar-refractivity contribution is 6.04. The van der Waals surface area contributed by atoms with Crippen molar-refractivity contribution in [2.75, 3.05) is 24.8 Å². The van der Waals surface area contributed by atoms with Gasteiger partial charge in [-0.15, -0.1) is 0 Å². The van der Waals surface area contributed by atoms with E-state index in [1.807, 2.05) is 13.8 Å². The van der Waals surface area contributed by atoms with Gasteiger partial charge in [-0.1, -0.05) is 0 Å². The summed E-state index contributed by atoms with van der Waals surface area (Å²) in [6.07, 6.45) is 1.47. The number of hydrogen-bond donors (Lipinski definition) is 3. The molecule has 0 saturated heterocycles. The summed E-state index contributed by atoms with van der Waals surface area (Å²) in [6, 6.07) is 7.98. The first kappa shape index (κ1) is 19.0. The molecule has 0 aliphatic heterocycles. The topological polar surface area (TPSA) is 116 Å². The normalized spacial score (nSPS) is 10.3. The number of hydrogen-bond acceptors (Lipinski definition) is 6. The average molecular weight is 358 g/mol. The predicted octanol–water partition coefficient (Wildman–Crippen LogP) is 1.83. The van der Waals surface area contributed by atoms with Crippen LogP contribution in [0.3, 0.4) is 0 Å². The zero-order valence-electron chi connectivity index (χ0n) is 14.9. The van der Waals surface area contributed by atoms with Gasteiger partial charge in [-0.05, 0) is 44.2 Å². The zero-order chi connectivity index (χ0) is 19.1. The van der Waals surface area contributed by atoms with E-state index >= 15 is 0 Å². The number of aromatic nitrogens is 1. The Labute approximate surface area is 151 Å². The van der Waals surface area contributed by atoms with Gasteiger partial charge in [-0.25, -0.2) is 4.98 Å². The van der Waals surface area contributed by atoms with Crippen LogP contribution in [-0.2, 0) is 4.79 Å². The van der Waals surface area contributed by atoms with E-state index in [2.05, 4.69) is 15.6 Å². The Morgan fingerprint density at radius 1 is 1.19 bits per heavy atom. The largest absolute Gasteiger partial charge is 0.493 e. The van der Waals surface area contributed by atoms with E-state index < -0.39 is 0 Å².